The molecule has 0 unspecified atom stereocenters. The number of nitrogens with one attached hydrogen (secondary N) is 2. The second-order valence-electron chi connectivity index (χ2n) is 7.00. The summed E-state index contributed by atoms with van der Waals surface area (Å²) in [5.74, 6) is -0.166. The van der Waals surface area contributed by atoms with Crippen LogP contribution < -0.4 is 15.4 Å². The summed E-state index contributed by atoms with van der Waals surface area (Å²) in [5.41, 5.74) is 0.900. The van der Waals surface area contributed by atoms with Crippen LogP contribution in [0.2, 0.25) is 0 Å². The number of ether oxygens (including phenoxy) is 1. The van der Waals surface area contributed by atoms with Gasteiger partial charge < -0.3 is 15.4 Å². The van der Waals surface area contributed by atoms with Crippen LogP contribution in [0, 0.1) is 16.0 Å². The summed E-state index contributed by atoms with van der Waals surface area (Å²) in [5, 5.41) is 16.5. The molecule has 0 bridgehead atoms. The molecule has 0 saturated heterocycles. The lowest BCUT2D eigenvalue weighted by atomic mass is 9.88. The summed E-state index contributed by atoms with van der Waals surface area (Å²) < 4.78 is 5.17. The van der Waals surface area contributed by atoms with Gasteiger partial charge in [-0.25, -0.2) is 0 Å². The van der Waals surface area contributed by atoms with E-state index in [0.717, 1.165) is 25.7 Å². The van der Waals surface area contributed by atoms with Crippen LogP contribution in [0.1, 0.15) is 42.5 Å². The summed E-state index contributed by atoms with van der Waals surface area (Å²) in [4.78, 5) is 35.5. The molecule has 0 radical (unpaired) electrons. The first kappa shape index (κ1) is 20.3. The SMILES string of the molecule is COc1ccc([N+](=O)[O-])cc1NC(=O)c1cccc(NC(=O)C2CCCCC2)c1. The zero-order valence-corrected chi connectivity index (χ0v) is 16.1. The van der Waals surface area contributed by atoms with Crippen molar-refractivity contribution in [3.8, 4) is 5.75 Å². The minimum absolute atomic E-state index is 0.00959. The van der Waals surface area contributed by atoms with Crippen molar-refractivity contribution < 1.29 is 19.2 Å². The molecule has 2 aromatic rings. The highest BCUT2D eigenvalue weighted by Gasteiger charge is 2.21. The molecule has 2 N–H and O–H groups in total. The van der Waals surface area contributed by atoms with Crippen molar-refractivity contribution in [3.05, 3.63) is 58.1 Å². The number of methoxy groups -OCH3 is 1. The zero-order chi connectivity index (χ0) is 20.8. The van der Waals surface area contributed by atoms with Gasteiger partial charge >= 0.3 is 0 Å². The molecular formula is C21H23N3O5. The molecule has 1 aliphatic carbocycles. The van der Waals surface area contributed by atoms with Crippen LogP contribution in [0.25, 0.3) is 0 Å². The van der Waals surface area contributed by atoms with Crippen molar-refractivity contribution in [1.29, 1.82) is 0 Å². The highest BCUT2D eigenvalue weighted by Crippen LogP contribution is 2.29. The maximum Gasteiger partial charge on any atom is 0.271 e. The van der Waals surface area contributed by atoms with E-state index in [-0.39, 0.29) is 23.2 Å². The molecule has 8 heteroatoms. The summed E-state index contributed by atoms with van der Waals surface area (Å²) in [6, 6.07) is 10.6. The maximum absolute atomic E-state index is 12.7. The fraction of sp³-hybridized carbons (Fsp3) is 0.333. The van der Waals surface area contributed by atoms with Gasteiger partial charge in [0, 0.05) is 29.3 Å². The second-order valence-corrected chi connectivity index (χ2v) is 7.00. The van der Waals surface area contributed by atoms with Gasteiger partial charge in [-0.2, -0.15) is 0 Å². The van der Waals surface area contributed by atoms with E-state index in [9.17, 15) is 19.7 Å². The number of nitrogens with zero attached hydrogens (tertiary/aromatic N) is 1. The van der Waals surface area contributed by atoms with E-state index in [1.807, 2.05) is 0 Å². The third kappa shape index (κ3) is 5.10. The van der Waals surface area contributed by atoms with Gasteiger partial charge in [0.05, 0.1) is 17.7 Å². The average molecular weight is 397 g/mol. The Morgan fingerprint density at radius 3 is 2.52 bits per heavy atom. The number of carbonyl (C=O) groups is 2. The topological polar surface area (TPSA) is 111 Å². The van der Waals surface area contributed by atoms with Gasteiger partial charge in [0.25, 0.3) is 11.6 Å². The first-order valence-electron chi connectivity index (χ1n) is 9.52. The Morgan fingerprint density at radius 2 is 1.83 bits per heavy atom. The average Bonchev–Trinajstić information content (AvgIpc) is 2.74. The molecular weight excluding hydrogens is 374 g/mol. The number of amides is 2. The van der Waals surface area contributed by atoms with Crippen LogP contribution in [0.15, 0.2) is 42.5 Å². The predicted octanol–water partition coefficient (Wildman–Crippen LogP) is 4.37. The van der Waals surface area contributed by atoms with Crippen LogP contribution in [0.3, 0.4) is 0 Å². The van der Waals surface area contributed by atoms with Gasteiger partial charge in [-0.15, -0.1) is 0 Å². The van der Waals surface area contributed by atoms with Gasteiger partial charge in [-0.05, 0) is 37.1 Å². The lowest BCUT2D eigenvalue weighted by Gasteiger charge is -2.20. The molecule has 2 aromatic carbocycles. The van der Waals surface area contributed by atoms with E-state index in [4.69, 9.17) is 4.74 Å². The largest absolute Gasteiger partial charge is 0.495 e. The molecule has 1 fully saturated rings. The molecule has 2 amide bonds. The highest BCUT2D eigenvalue weighted by atomic mass is 16.6. The Morgan fingerprint density at radius 1 is 1.07 bits per heavy atom. The first-order chi connectivity index (χ1) is 14.0. The third-order valence-electron chi connectivity index (χ3n) is 5.01. The Bertz CT molecular complexity index is 922. The number of hydrogen-bond acceptors (Lipinski definition) is 5. The van der Waals surface area contributed by atoms with Crippen molar-refractivity contribution in [1.82, 2.24) is 0 Å². The highest BCUT2D eigenvalue weighted by molar-refractivity contribution is 6.06. The molecule has 0 heterocycles. The Kier molecular flexibility index (Phi) is 6.43. The van der Waals surface area contributed by atoms with Gasteiger partial charge in [0.2, 0.25) is 5.91 Å². The fourth-order valence-electron chi connectivity index (χ4n) is 3.45. The minimum atomic E-state index is -0.545. The summed E-state index contributed by atoms with van der Waals surface area (Å²) in [6.45, 7) is 0. The van der Waals surface area contributed by atoms with Gasteiger partial charge in [-0.3, -0.25) is 19.7 Å². The number of nitro groups is 1. The van der Waals surface area contributed by atoms with E-state index in [1.165, 1.54) is 31.7 Å². The quantitative estimate of drug-likeness (QED) is 0.555. The van der Waals surface area contributed by atoms with Crippen LogP contribution in [0.5, 0.6) is 5.75 Å². The number of benzene rings is 2. The van der Waals surface area contributed by atoms with Crippen molar-refractivity contribution >= 4 is 28.9 Å². The van der Waals surface area contributed by atoms with Gasteiger partial charge in [-0.1, -0.05) is 25.3 Å². The third-order valence-corrected chi connectivity index (χ3v) is 5.01. The molecule has 0 spiro atoms. The normalized spacial score (nSPS) is 14.1. The molecule has 3 rings (SSSR count). The van der Waals surface area contributed by atoms with Crippen molar-refractivity contribution in [2.24, 2.45) is 5.92 Å². The number of carbonyl (C=O) groups excluding carboxylic acids is 2. The molecule has 152 valence electrons. The Hall–Kier alpha value is -3.42. The van der Waals surface area contributed by atoms with Crippen LogP contribution in [0.4, 0.5) is 17.1 Å². The lowest BCUT2D eigenvalue weighted by Crippen LogP contribution is -2.24. The first-order valence-corrected chi connectivity index (χ1v) is 9.52. The smallest absolute Gasteiger partial charge is 0.271 e. The van der Waals surface area contributed by atoms with E-state index in [0.29, 0.717) is 17.0 Å². The van der Waals surface area contributed by atoms with Crippen molar-refractivity contribution in [2.45, 2.75) is 32.1 Å². The van der Waals surface area contributed by atoms with E-state index < -0.39 is 10.8 Å². The predicted molar refractivity (Wildman–Crippen MR) is 109 cm³/mol. The standard InChI is InChI=1S/C21H23N3O5/c1-29-19-11-10-17(24(27)28)13-18(19)23-21(26)15-8-5-9-16(12-15)22-20(25)14-6-3-2-4-7-14/h5,8-14H,2-4,6-7H2,1H3,(H,22,25)(H,23,26). The molecule has 0 aliphatic heterocycles. The number of anilines is 2. The van der Waals surface area contributed by atoms with Crippen molar-refractivity contribution in [2.75, 3.05) is 17.7 Å². The molecule has 29 heavy (non-hydrogen) atoms. The molecule has 8 nitrogen and oxygen atoms in total. The minimum Gasteiger partial charge on any atom is -0.495 e. The van der Waals surface area contributed by atoms with Crippen LogP contribution >= 0.6 is 0 Å². The number of hydrogen-bond donors (Lipinski definition) is 2. The lowest BCUT2D eigenvalue weighted by molar-refractivity contribution is -0.384. The summed E-state index contributed by atoms with van der Waals surface area (Å²) >= 11 is 0. The van der Waals surface area contributed by atoms with E-state index >= 15 is 0 Å². The second kappa shape index (κ2) is 9.18. The van der Waals surface area contributed by atoms with Gasteiger partial charge in [0.15, 0.2) is 0 Å². The number of non-ortho nitro benzene ring substituents is 1. The maximum atomic E-state index is 12.7. The summed E-state index contributed by atoms with van der Waals surface area (Å²) in [6.07, 6.45) is 5.06. The van der Waals surface area contributed by atoms with E-state index in [1.54, 1.807) is 24.3 Å². The van der Waals surface area contributed by atoms with Crippen LogP contribution in [-0.4, -0.2) is 23.8 Å². The Labute approximate surface area is 168 Å². The molecule has 1 aliphatic rings. The number of rotatable bonds is 6. The zero-order valence-electron chi connectivity index (χ0n) is 16.1. The van der Waals surface area contributed by atoms with E-state index in [2.05, 4.69) is 10.6 Å². The van der Waals surface area contributed by atoms with Crippen molar-refractivity contribution in [3.63, 3.8) is 0 Å². The van der Waals surface area contributed by atoms with Crippen LogP contribution in [-0.2, 0) is 4.79 Å². The monoisotopic (exact) mass is 397 g/mol. The van der Waals surface area contributed by atoms with Gasteiger partial charge in [0.1, 0.15) is 5.75 Å². The molecule has 0 atom stereocenters. The Balaban J connectivity index is 1.73. The summed E-state index contributed by atoms with van der Waals surface area (Å²) in [7, 11) is 1.41. The molecule has 1 saturated carbocycles. The molecule has 0 aromatic heterocycles. The fourth-order valence-corrected chi connectivity index (χ4v) is 3.45. The number of nitro benzene ring substituents is 1.